The van der Waals surface area contributed by atoms with E-state index in [1.807, 2.05) is 13.8 Å². The second kappa shape index (κ2) is 9.01. The highest BCUT2D eigenvalue weighted by Crippen LogP contribution is 2.39. The van der Waals surface area contributed by atoms with Gasteiger partial charge in [0.15, 0.2) is 0 Å². The second-order valence-electron chi connectivity index (χ2n) is 10.6. The lowest BCUT2D eigenvalue weighted by Gasteiger charge is -2.33. The minimum atomic E-state index is -2.79. The molecule has 1 amide bonds. The number of hydrogen-bond donors (Lipinski definition) is 2. The summed E-state index contributed by atoms with van der Waals surface area (Å²) >= 11 is 0. The maximum Gasteiger partial charge on any atom is 0.262 e. The van der Waals surface area contributed by atoms with Crippen LogP contribution in [-0.4, -0.2) is 52.4 Å². The average molecular weight is 481 g/mol. The maximum absolute atomic E-state index is 13.5. The number of aryl methyl sites for hydroxylation is 2. The van der Waals surface area contributed by atoms with Gasteiger partial charge in [0.2, 0.25) is 5.91 Å². The van der Waals surface area contributed by atoms with E-state index < -0.39 is 24.9 Å². The second-order valence-corrected chi connectivity index (χ2v) is 10.6. The van der Waals surface area contributed by atoms with Gasteiger partial charge in [-0.25, -0.2) is 8.78 Å². The van der Waals surface area contributed by atoms with Crippen LogP contribution in [0, 0.1) is 13.8 Å². The summed E-state index contributed by atoms with van der Waals surface area (Å²) in [7, 11) is 0. The summed E-state index contributed by atoms with van der Waals surface area (Å²) in [6.07, 6.45) is 1.29. The van der Waals surface area contributed by atoms with Crippen LogP contribution in [0.25, 0.3) is 22.2 Å². The largest absolute Gasteiger partial charge is 0.354 e. The molecule has 0 spiro atoms. The Labute approximate surface area is 205 Å². The number of carbonyl (C=O) groups is 1. The molecule has 2 aliphatic heterocycles. The van der Waals surface area contributed by atoms with Gasteiger partial charge in [0.1, 0.15) is 0 Å². The molecule has 0 saturated carbocycles. The van der Waals surface area contributed by atoms with E-state index >= 15 is 0 Å². The maximum atomic E-state index is 13.5. The summed E-state index contributed by atoms with van der Waals surface area (Å²) in [5.74, 6) is -2.27. The molecule has 0 radical (unpaired) electrons. The van der Waals surface area contributed by atoms with Crippen LogP contribution in [0.2, 0.25) is 0 Å². The van der Waals surface area contributed by atoms with E-state index in [0.717, 1.165) is 41.0 Å². The molecule has 5 nitrogen and oxygen atoms in total. The van der Waals surface area contributed by atoms with Gasteiger partial charge in [-0.05, 0) is 73.9 Å². The van der Waals surface area contributed by atoms with Crippen LogP contribution in [0.5, 0.6) is 0 Å². The normalized spacial score (nSPS) is 20.8. The van der Waals surface area contributed by atoms with Crippen molar-refractivity contribution in [2.24, 2.45) is 0 Å². The van der Waals surface area contributed by atoms with Crippen LogP contribution in [0.4, 0.5) is 8.78 Å². The van der Waals surface area contributed by atoms with Crippen LogP contribution in [-0.2, 0) is 4.79 Å². The lowest BCUT2D eigenvalue weighted by molar-refractivity contribution is -0.134. The van der Waals surface area contributed by atoms with E-state index in [1.165, 1.54) is 16.5 Å². The van der Waals surface area contributed by atoms with E-state index in [4.69, 9.17) is 0 Å². The quantitative estimate of drug-likeness (QED) is 0.506. The fraction of sp³-hybridized carbons (Fsp3) is 0.500. The number of likely N-dealkylation sites (tertiary alicyclic amines) is 1. The number of nitrogens with one attached hydrogen (secondary N) is 2. The van der Waals surface area contributed by atoms with Gasteiger partial charge in [0.05, 0.1) is 18.3 Å². The molecule has 5 rings (SSSR count). The monoisotopic (exact) mass is 480 g/mol. The number of hydrogen-bond acceptors (Lipinski definition) is 3. The van der Waals surface area contributed by atoms with Crippen molar-refractivity contribution in [2.75, 3.05) is 19.6 Å². The molecule has 2 fully saturated rings. The summed E-state index contributed by atoms with van der Waals surface area (Å²) in [6.45, 7) is 9.31. The number of nitrogens with zero attached hydrogens (tertiary/aromatic N) is 2. The van der Waals surface area contributed by atoms with Crippen LogP contribution in [0.15, 0.2) is 30.3 Å². The first kappa shape index (κ1) is 23.9. The molecule has 3 aromatic rings. The summed E-state index contributed by atoms with van der Waals surface area (Å²) < 4.78 is 27.1. The molecule has 4 heterocycles. The molecule has 1 aromatic carbocycles. The van der Waals surface area contributed by atoms with E-state index in [0.29, 0.717) is 24.9 Å². The minimum absolute atomic E-state index is 0.184. The molecule has 0 bridgehead atoms. The molecule has 2 N–H and O–H groups in total. The zero-order chi connectivity index (χ0) is 24.9. The number of halogens is 2. The molecule has 186 valence electrons. The number of carbonyl (C=O) groups excluding carboxylic acids is 1. The minimum Gasteiger partial charge on any atom is -0.354 e. The van der Waals surface area contributed by atoms with Crippen LogP contribution in [0.1, 0.15) is 67.5 Å². The van der Waals surface area contributed by atoms with Crippen molar-refractivity contribution >= 4 is 16.8 Å². The summed E-state index contributed by atoms with van der Waals surface area (Å²) in [5, 5.41) is 3.94. The average Bonchev–Trinajstić information content (AvgIpc) is 3.37. The number of aromatic amines is 1. The number of fused-ring (bicyclic) bond motifs is 1. The van der Waals surface area contributed by atoms with Gasteiger partial charge < -0.3 is 9.88 Å². The number of amides is 1. The number of alkyl halides is 2. The van der Waals surface area contributed by atoms with Gasteiger partial charge in [-0.1, -0.05) is 19.9 Å². The zero-order valence-electron chi connectivity index (χ0n) is 20.9. The van der Waals surface area contributed by atoms with Crippen molar-refractivity contribution < 1.29 is 13.6 Å². The fourth-order valence-corrected chi connectivity index (χ4v) is 5.83. The number of piperidine rings is 1. The third-order valence-corrected chi connectivity index (χ3v) is 7.50. The Hall–Kier alpha value is -2.80. The summed E-state index contributed by atoms with van der Waals surface area (Å²) in [6, 6.07) is 10.2. The highest BCUT2D eigenvalue weighted by Gasteiger charge is 2.44. The number of benzene rings is 1. The first-order valence-electron chi connectivity index (χ1n) is 12.6. The molecule has 2 aromatic heterocycles. The topological polar surface area (TPSA) is 61.0 Å². The molecular weight excluding hydrogens is 446 g/mol. The predicted molar refractivity (Wildman–Crippen MR) is 135 cm³/mol. The van der Waals surface area contributed by atoms with Crippen molar-refractivity contribution in [3.8, 4) is 11.3 Å². The molecule has 2 saturated heterocycles. The fourth-order valence-electron chi connectivity index (χ4n) is 5.83. The Morgan fingerprint density at radius 1 is 1.11 bits per heavy atom. The van der Waals surface area contributed by atoms with Crippen molar-refractivity contribution in [1.82, 2.24) is 20.2 Å². The van der Waals surface area contributed by atoms with Gasteiger partial charge in [-0.2, -0.15) is 0 Å². The molecule has 2 aliphatic rings. The molecule has 0 aliphatic carbocycles. The number of pyridine rings is 1. The smallest absolute Gasteiger partial charge is 0.262 e. The Morgan fingerprint density at radius 2 is 1.80 bits per heavy atom. The highest BCUT2D eigenvalue weighted by atomic mass is 19.3. The van der Waals surface area contributed by atoms with E-state index in [-0.39, 0.29) is 5.91 Å². The molecule has 35 heavy (non-hydrogen) atoms. The van der Waals surface area contributed by atoms with Crippen LogP contribution in [0.3, 0.4) is 0 Å². The van der Waals surface area contributed by atoms with Gasteiger partial charge in [-0.3, -0.25) is 15.1 Å². The first-order chi connectivity index (χ1) is 16.6. The number of H-pyrrole nitrogens is 1. The van der Waals surface area contributed by atoms with Gasteiger partial charge in [-0.15, -0.1) is 0 Å². The SMILES string of the molecule is Cc1cc(-c2[nH]c3ccc(C4CCN(C(=O)[C@@H]5CC(F)(F)CN5)CC4)cc3c2C(C)C)cc(C)n1. The number of aromatic nitrogens is 2. The Balaban J connectivity index is 1.37. The highest BCUT2D eigenvalue weighted by molar-refractivity contribution is 5.92. The summed E-state index contributed by atoms with van der Waals surface area (Å²) in [5.41, 5.74) is 8.05. The zero-order valence-corrected chi connectivity index (χ0v) is 20.9. The third kappa shape index (κ3) is 4.70. The standard InChI is InChI=1S/C28H34F2N4O/c1-16(2)25-22-13-20(5-6-23(22)33-26(25)21-11-17(3)32-18(4)12-21)19-7-9-34(10-8-19)27(35)24-14-28(29,30)15-31-24/h5-6,11-13,16,19,24,31,33H,7-10,14-15H2,1-4H3/t24-/m0/s1. The molecule has 7 heteroatoms. The first-order valence-corrected chi connectivity index (χ1v) is 12.6. The lowest BCUT2D eigenvalue weighted by Crippen LogP contribution is -2.46. The van der Waals surface area contributed by atoms with Crippen molar-refractivity contribution in [1.29, 1.82) is 0 Å². The van der Waals surface area contributed by atoms with Gasteiger partial charge >= 0.3 is 0 Å². The van der Waals surface area contributed by atoms with Crippen LogP contribution < -0.4 is 5.32 Å². The van der Waals surface area contributed by atoms with E-state index in [1.54, 1.807) is 4.90 Å². The Bertz CT molecular complexity index is 1240. The summed E-state index contributed by atoms with van der Waals surface area (Å²) in [4.78, 5) is 22.7. The molecule has 1 atom stereocenters. The molecular formula is C28H34F2N4O. The third-order valence-electron chi connectivity index (χ3n) is 7.50. The van der Waals surface area contributed by atoms with Gasteiger partial charge in [0, 0.05) is 47.4 Å². The molecule has 0 unspecified atom stereocenters. The number of rotatable bonds is 4. The van der Waals surface area contributed by atoms with Crippen molar-refractivity contribution in [2.45, 2.75) is 70.8 Å². The lowest BCUT2D eigenvalue weighted by atomic mass is 9.87. The van der Waals surface area contributed by atoms with Crippen LogP contribution >= 0.6 is 0 Å². The van der Waals surface area contributed by atoms with Crippen molar-refractivity contribution in [3.05, 3.63) is 52.8 Å². The van der Waals surface area contributed by atoms with E-state index in [9.17, 15) is 13.6 Å². The Morgan fingerprint density at radius 3 is 2.40 bits per heavy atom. The van der Waals surface area contributed by atoms with Crippen molar-refractivity contribution in [3.63, 3.8) is 0 Å². The Kier molecular flexibility index (Phi) is 6.16. The predicted octanol–water partition coefficient (Wildman–Crippen LogP) is 5.67. The van der Waals surface area contributed by atoms with Gasteiger partial charge in [0.25, 0.3) is 5.92 Å². The van der Waals surface area contributed by atoms with E-state index in [2.05, 4.69) is 59.5 Å².